The molecule has 1 amide bonds. The third-order valence-electron chi connectivity index (χ3n) is 3.61. The maximum Gasteiger partial charge on any atom is 0.293 e. The summed E-state index contributed by atoms with van der Waals surface area (Å²) in [6.45, 7) is 2.83. The summed E-state index contributed by atoms with van der Waals surface area (Å²) in [5.74, 6) is 0.468. The van der Waals surface area contributed by atoms with E-state index in [2.05, 4.69) is 5.32 Å². The maximum atomic E-state index is 12.2. The molecule has 0 aliphatic heterocycles. The molecule has 7 heteroatoms. The highest BCUT2D eigenvalue weighted by molar-refractivity contribution is 5.95. The van der Waals surface area contributed by atoms with Crippen LogP contribution in [0.5, 0.6) is 5.75 Å². The molecule has 0 aliphatic carbocycles. The van der Waals surface area contributed by atoms with Crippen molar-refractivity contribution in [3.63, 3.8) is 0 Å². The molecule has 2 aromatic carbocycles. The zero-order valence-electron chi connectivity index (χ0n) is 14.3. The van der Waals surface area contributed by atoms with E-state index in [0.29, 0.717) is 18.7 Å². The molecule has 132 valence electrons. The van der Waals surface area contributed by atoms with Crippen molar-refractivity contribution in [3.05, 3.63) is 64.2 Å². The minimum Gasteiger partial charge on any atom is -0.492 e. The molecule has 0 fully saturated rings. The summed E-state index contributed by atoms with van der Waals surface area (Å²) in [7, 11) is 1.79. The lowest BCUT2D eigenvalue weighted by atomic mass is 10.1. The number of nitro benzene ring substituents is 1. The maximum absolute atomic E-state index is 12.2. The first kappa shape index (κ1) is 18.4. The number of anilines is 1. The standard InChI is InChI=1S/C18H21N3O4/c1-14-7-6-10-16(21(23)24)18(14)19-17(22)13-20(2)11-12-25-15-8-4-3-5-9-15/h3-10H,11-13H2,1-2H3,(H,19,22). The van der Waals surface area contributed by atoms with Gasteiger partial charge in [-0.15, -0.1) is 0 Å². The van der Waals surface area contributed by atoms with E-state index < -0.39 is 4.92 Å². The minimum atomic E-state index is -0.500. The molecule has 0 saturated carbocycles. The Labute approximate surface area is 146 Å². The van der Waals surface area contributed by atoms with E-state index in [1.807, 2.05) is 30.3 Å². The molecule has 0 bridgehead atoms. The van der Waals surface area contributed by atoms with E-state index in [1.165, 1.54) is 6.07 Å². The van der Waals surface area contributed by atoms with Gasteiger partial charge in [0.1, 0.15) is 18.0 Å². The van der Waals surface area contributed by atoms with Crippen LogP contribution >= 0.6 is 0 Å². The first-order valence-electron chi connectivity index (χ1n) is 7.87. The van der Waals surface area contributed by atoms with Crippen LogP contribution in [0.3, 0.4) is 0 Å². The molecular formula is C18H21N3O4. The summed E-state index contributed by atoms with van der Waals surface area (Å²) in [4.78, 5) is 24.5. The monoisotopic (exact) mass is 343 g/mol. The van der Waals surface area contributed by atoms with E-state index in [1.54, 1.807) is 31.0 Å². The second-order valence-electron chi connectivity index (χ2n) is 5.67. The predicted molar refractivity (Wildman–Crippen MR) is 95.9 cm³/mol. The average molecular weight is 343 g/mol. The molecule has 0 radical (unpaired) electrons. The van der Waals surface area contributed by atoms with Crippen LogP contribution in [-0.4, -0.2) is 42.5 Å². The first-order chi connectivity index (χ1) is 12.0. The Bertz CT molecular complexity index is 734. The number of hydrogen-bond acceptors (Lipinski definition) is 5. The molecule has 2 rings (SSSR count). The number of rotatable bonds is 8. The van der Waals surface area contributed by atoms with Crippen molar-refractivity contribution >= 4 is 17.3 Å². The van der Waals surface area contributed by atoms with E-state index in [0.717, 1.165) is 5.75 Å². The number of nitro groups is 1. The smallest absolute Gasteiger partial charge is 0.293 e. The Morgan fingerprint density at radius 2 is 1.92 bits per heavy atom. The SMILES string of the molecule is Cc1cccc([N+](=O)[O-])c1NC(=O)CN(C)CCOc1ccccc1. The molecule has 0 saturated heterocycles. The average Bonchev–Trinajstić information content (AvgIpc) is 2.57. The van der Waals surface area contributed by atoms with Crippen molar-refractivity contribution in [2.75, 3.05) is 32.1 Å². The first-order valence-corrected chi connectivity index (χ1v) is 7.87. The van der Waals surface area contributed by atoms with Crippen LogP contribution < -0.4 is 10.1 Å². The van der Waals surface area contributed by atoms with Crippen LogP contribution in [0.2, 0.25) is 0 Å². The summed E-state index contributed by atoms with van der Waals surface area (Å²) in [6.07, 6.45) is 0. The zero-order valence-corrected chi connectivity index (χ0v) is 14.3. The van der Waals surface area contributed by atoms with Crippen molar-refractivity contribution in [3.8, 4) is 5.75 Å². The molecule has 2 aromatic rings. The number of nitrogens with one attached hydrogen (secondary N) is 1. The highest BCUT2D eigenvalue weighted by Crippen LogP contribution is 2.27. The highest BCUT2D eigenvalue weighted by atomic mass is 16.6. The van der Waals surface area contributed by atoms with Gasteiger partial charge in [0.2, 0.25) is 5.91 Å². The van der Waals surface area contributed by atoms with Gasteiger partial charge in [-0.3, -0.25) is 19.8 Å². The Morgan fingerprint density at radius 1 is 1.20 bits per heavy atom. The number of carbonyl (C=O) groups is 1. The van der Waals surface area contributed by atoms with Gasteiger partial charge in [-0.25, -0.2) is 0 Å². The van der Waals surface area contributed by atoms with Gasteiger partial charge in [-0.2, -0.15) is 0 Å². The van der Waals surface area contributed by atoms with Crippen LogP contribution in [-0.2, 0) is 4.79 Å². The lowest BCUT2D eigenvalue weighted by Crippen LogP contribution is -2.33. The fourth-order valence-corrected chi connectivity index (χ4v) is 2.31. The summed E-state index contributed by atoms with van der Waals surface area (Å²) in [5, 5.41) is 13.7. The number of amides is 1. The number of likely N-dealkylation sites (N-methyl/N-ethyl adjacent to an activating group) is 1. The number of ether oxygens (including phenoxy) is 1. The van der Waals surface area contributed by atoms with Crippen LogP contribution in [0.1, 0.15) is 5.56 Å². The fourth-order valence-electron chi connectivity index (χ4n) is 2.31. The van der Waals surface area contributed by atoms with Gasteiger partial charge in [-0.05, 0) is 31.7 Å². The summed E-state index contributed by atoms with van der Waals surface area (Å²) in [5.41, 5.74) is 0.785. The lowest BCUT2D eigenvalue weighted by molar-refractivity contribution is -0.384. The van der Waals surface area contributed by atoms with Gasteiger partial charge in [0, 0.05) is 12.6 Å². The number of para-hydroxylation sites is 2. The molecule has 7 nitrogen and oxygen atoms in total. The zero-order chi connectivity index (χ0) is 18.2. The minimum absolute atomic E-state index is 0.108. The Morgan fingerprint density at radius 3 is 2.60 bits per heavy atom. The van der Waals surface area contributed by atoms with Crippen LogP contribution in [0, 0.1) is 17.0 Å². The number of benzene rings is 2. The fraction of sp³-hybridized carbons (Fsp3) is 0.278. The molecule has 0 heterocycles. The van der Waals surface area contributed by atoms with E-state index in [9.17, 15) is 14.9 Å². The highest BCUT2D eigenvalue weighted by Gasteiger charge is 2.18. The molecule has 0 spiro atoms. The normalized spacial score (nSPS) is 10.5. The van der Waals surface area contributed by atoms with Crippen molar-refractivity contribution < 1.29 is 14.5 Å². The summed E-state index contributed by atoms with van der Waals surface area (Å²) < 4.78 is 5.58. The van der Waals surface area contributed by atoms with Gasteiger partial charge < -0.3 is 10.1 Å². The molecular weight excluding hydrogens is 322 g/mol. The van der Waals surface area contributed by atoms with Crippen LogP contribution in [0.4, 0.5) is 11.4 Å². The third kappa shape index (κ3) is 5.58. The molecule has 25 heavy (non-hydrogen) atoms. The molecule has 0 aromatic heterocycles. The lowest BCUT2D eigenvalue weighted by Gasteiger charge is -2.17. The molecule has 0 atom stereocenters. The Balaban J connectivity index is 1.85. The predicted octanol–water partition coefficient (Wildman–Crippen LogP) is 2.85. The van der Waals surface area contributed by atoms with Crippen molar-refractivity contribution in [1.82, 2.24) is 4.90 Å². The summed E-state index contributed by atoms with van der Waals surface area (Å²) in [6, 6.07) is 14.1. The quantitative estimate of drug-likeness (QED) is 0.588. The number of carbonyl (C=O) groups excluding carboxylic acids is 1. The van der Waals surface area contributed by atoms with Gasteiger partial charge >= 0.3 is 0 Å². The van der Waals surface area contributed by atoms with Crippen LogP contribution in [0.15, 0.2) is 48.5 Å². The van der Waals surface area contributed by atoms with Crippen molar-refractivity contribution in [2.45, 2.75) is 6.92 Å². The molecule has 1 N–H and O–H groups in total. The largest absolute Gasteiger partial charge is 0.492 e. The summed E-state index contributed by atoms with van der Waals surface area (Å²) >= 11 is 0. The Kier molecular flexibility index (Phi) is 6.47. The van der Waals surface area contributed by atoms with E-state index in [-0.39, 0.29) is 23.8 Å². The molecule has 0 unspecified atom stereocenters. The molecule has 0 aliphatic rings. The van der Waals surface area contributed by atoms with Crippen LogP contribution in [0.25, 0.3) is 0 Å². The third-order valence-corrected chi connectivity index (χ3v) is 3.61. The topological polar surface area (TPSA) is 84.7 Å². The van der Waals surface area contributed by atoms with Gasteiger partial charge in [0.15, 0.2) is 0 Å². The number of nitrogens with zero attached hydrogens (tertiary/aromatic N) is 2. The van der Waals surface area contributed by atoms with Gasteiger partial charge in [0.25, 0.3) is 5.69 Å². The van der Waals surface area contributed by atoms with Crippen molar-refractivity contribution in [1.29, 1.82) is 0 Å². The second-order valence-corrected chi connectivity index (χ2v) is 5.67. The Hall–Kier alpha value is -2.93. The van der Waals surface area contributed by atoms with E-state index >= 15 is 0 Å². The van der Waals surface area contributed by atoms with Gasteiger partial charge in [0.05, 0.1) is 11.5 Å². The van der Waals surface area contributed by atoms with Gasteiger partial charge in [-0.1, -0.05) is 30.3 Å². The second kappa shape index (κ2) is 8.79. The number of hydrogen-bond donors (Lipinski definition) is 1. The van der Waals surface area contributed by atoms with E-state index in [4.69, 9.17) is 4.74 Å². The number of aryl methyl sites for hydroxylation is 1. The van der Waals surface area contributed by atoms with Crippen molar-refractivity contribution in [2.24, 2.45) is 0 Å².